The average Bonchev–Trinajstić information content (AvgIpc) is 2.48. The summed E-state index contributed by atoms with van der Waals surface area (Å²) in [6.07, 6.45) is 0. The molecule has 1 saturated heterocycles. The lowest BCUT2D eigenvalue weighted by atomic mass is 10.2. The summed E-state index contributed by atoms with van der Waals surface area (Å²) >= 11 is 0. The van der Waals surface area contributed by atoms with E-state index in [0.717, 1.165) is 0 Å². The first kappa shape index (κ1) is 14.3. The van der Waals surface area contributed by atoms with Crippen LogP contribution in [0.4, 0.5) is 4.39 Å². The average molecular weight is 280 g/mol. The molecule has 0 spiro atoms. The Balaban J connectivity index is 1.90. The third kappa shape index (κ3) is 3.45. The molecular formula is C13H17FN4O2. The lowest BCUT2D eigenvalue weighted by Crippen LogP contribution is -2.50. The van der Waals surface area contributed by atoms with Crippen molar-refractivity contribution in [2.24, 2.45) is 10.9 Å². The number of nitrogens with two attached hydrogens (primary N) is 1. The number of hydrogen-bond donors (Lipinski definition) is 2. The number of carbonyl (C=O) groups is 1. The van der Waals surface area contributed by atoms with Gasteiger partial charge >= 0.3 is 0 Å². The first-order chi connectivity index (χ1) is 9.60. The molecule has 7 heteroatoms. The Morgan fingerprint density at radius 3 is 2.40 bits per heavy atom. The molecule has 0 radical (unpaired) electrons. The zero-order valence-corrected chi connectivity index (χ0v) is 11.0. The minimum atomic E-state index is -0.356. The normalized spacial score (nSPS) is 17.2. The molecule has 3 N–H and O–H groups in total. The van der Waals surface area contributed by atoms with Crippen LogP contribution in [0, 0.1) is 5.82 Å². The number of hydrogen-bond acceptors (Lipinski definition) is 4. The molecule has 0 saturated carbocycles. The van der Waals surface area contributed by atoms with Gasteiger partial charge in [-0.2, -0.15) is 0 Å². The van der Waals surface area contributed by atoms with E-state index < -0.39 is 0 Å². The van der Waals surface area contributed by atoms with Crippen LogP contribution in [0.25, 0.3) is 0 Å². The molecule has 6 nitrogen and oxygen atoms in total. The Hall–Kier alpha value is -2.15. The highest BCUT2D eigenvalue weighted by molar-refractivity contribution is 5.94. The summed E-state index contributed by atoms with van der Waals surface area (Å²) in [7, 11) is 0. The number of piperazine rings is 1. The van der Waals surface area contributed by atoms with Crippen LogP contribution < -0.4 is 5.73 Å². The van der Waals surface area contributed by atoms with E-state index in [-0.39, 0.29) is 17.6 Å². The van der Waals surface area contributed by atoms with Crippen molar-refractivity contribution in [3.05, 3.63) is 35.6 Å². The maximum atomic E-state index is 12.8. The minimum absolute atomic E-state index is 0.103. The highest BCUT2D eigenvalue weighted by Crippen LogP contribution is 2.09. The maximum absolute atomic E-state index is 12.8. The van der Waals surface area contributed by atoms with Crippen molar-refractivity contribution in [1.29, 1.82) is 0 Å². The lowest BCUT2D eigenvalue weighted by Gasteiger charge is -2.34. The van der Waals surface area contributed by atoms with Gasteiger partial charge in [0.1, 0.15) is 5.82 Å². The van der Waals surface area contributed by atoms with Crippen LogP contribution in [0.15, 0.2) is 29.4 Å². The summed E-state index contributed by atoms with van der Waals surface area (Å²) in [5.41, 5.74) is 5.93. The van der Waals surface area contributed by atoms with Gasteiger partial charge in [0, 0.05) is 31.7 Å². The molecule has 0 unspecified atom stereocenters. The highest BCUT2D eigenvalue weighted by atomic mass is 19.1. The molecule has 1 fully saturated rings. The van der Waals surface area contributed by atoms with Crippen molar-refractivity contribution in [2.45, 2.75) is 0 Å². The highest BCUT2D eigenvalue weighted by Gasteiger charge is 2.22. The van der Waals surface area contributed by atoms with Gasteiger partial charge in [0.25, 0.3) is 5.91 Å². The zero-order chi connectivity index (χ0) is 14.5. The molecule has 0 aliphatic carbocycles. The molecule has 1 heterocycles. The number of amidine groups is 1. The summed E-state index contributed by atoms with van der Waals surface area (Å²) in [5.74, 6) is -0.304. The number of carbonyl (C=O) groups excluding carboxylic acids is 1. The SMILES string of the molecule is NC(CN1CCN(C(=O)c2ccc(F)cc2)CC1)=NO. The summed E-state index contributed by atoms with van der Waals surface area (Å²) < 4.78 is 12.8. The van der Waals surface area contributed by atoms with Gasteiger partial charge < -0.3 is 15.8 Å². The third-order valence-electron chi connectivity index (χ3n) is 3.26. The van der Waals surface area contributed by atoms with E-state index in [1.807, 2.05) is 4.90 Å². The quantitative estimate of drug-likeness (QED) is 0.362. The standard InChI is InChI=1S/C13H17FN4O2/c14-11-3-1-10(2-4-11)13(19)18-7-5-17(6-8-18)9-12(15)16-20/h1-4,20H,5-9H2,(H2,15,16). The molecule has 1 aliphatic rings. The van der Waals surface area contributed by atoms with Gasteiger partial charge in [0.15, 0.2) is 5.84 Å². The Labute approximate surface area is 116 Å². The van der Waals surface area contributed by atoms with Crippen LogP contribution in [0.5, 0.6) is 0 Å². The zero-order valence-electron chi connectivity index (χ0n) is 11.0. The Morgan fingerprint density at radius 1 is 1.25 bits per heavy atom. The smallest absolute Gasteiger partial charge is 0.253 e. The summed E-state index contributed by atoms with van der Waals surface area (Å²) in [4.78, 5) is 15.9. The van der Waals surface area contributed by atoms with E-state index in [0.29, 0.717) is 38.3 Å². The van der Waals surface area contributed by atoms with Gasteiger partial charge in [-0.15, -0.1) is 0 Å². The summed E-state index contributed by atoms with van der Waals surface area (Å²) in [6, 6.07) is 5.53. The van der Waals surface area contributed by atoms with Crippen LogP contribution >= 0.6 is 0 Å². The predicted molar refractivity (Wildman–Crippen MR) is 72.2 cm³/mol. The van der Waals surface area contributed by atoms with Crippen molar-refractivity contribution < 1.29 is 14.4 Å². The lowest BCUT2D eigenvalue weighted by molar-refractivity contribution is 0.0653. The summed E-state index contributed by atoms with van der Waals surface area (Å²) in [5, 5.41) is 11.4. The van der Waals surface area contributed by atoms with E-state index in [2.05, 4.69) is 5.16 Å². The van der Waals surface area contributed by atoms with Crippen molar-refractivity contribution >= 4 is 11.7 Å². The van der Waals surface area contributed by atoms with Gasteiger partial charge in [0.2, 0.25) is 0 Å². The fourth-order valence-electron chi connectivity index (χ4n) is 2.14. The number of benzene rings is 1. The first-order valence-corrected chi connectivity index (χ1v) is 6.34. The number of amides is 1. The topological polar surface area (TPSA) is 82.2 Å². The molecule has 1 aromatic rings. The van der Waals surface area contributed by atoms with E-state index >= 15 is 0 Å². The Morgan fingerprint density at radius 2 is 1.85 bits per heavy atom. The van der Waals surface area contributed by atoms with Gasteiger partial charge in [0.05, 0.1) is 6.54 Å². The van der Waals surface area contributed by atoms with Crippen LogP contribution in [0.1, 0.15) is 10.4 Å². The predicted octanol–water partition coefficient (Wildman–Crippen LogP) is 0.330. The number of nitrogens with zero attached hydrogens (tertiary/aromatic N) is 3. The number of rotatable bonds is 3. The maximum Gasteiger partial charge on any atom is 0.253 e. The Kier molecular flexibility index (Phi) is 4.52. The van der Waals surface area contributed by atoms with Gasteiger partial charge in [-0.25, -0.2) is 4.39 Å². The second-order valence-corrected chi connectivity index (χ2v) is 4.67. The molecule has 0 aromatic heterocycles. The molecule has 1 aliphatic heterocycles. The molecule has 0 atom stereocenters. The van der Waals surface area contributed by atoms with Crippen LogP contribution in [-0.4, -0.2) is 59.5 Å². The van der Waals surface area contributed by atoms with Gasteiger partial charge in [-0.05, 0) is 24.3 Å². The molecule has 108 valence electrons. The summed E-state index contributed by atoms with van der Waals surface area (Å²) in [6.45, 7) is 2.82. The molecular weight excluding hydrogens is 263 g/mol. The van der Waals surface area contributed by atoms with Crippen LogP contribution in [0.3, 0.4) is 0 Å². The Bertz CT molecular complexity index is 496. The fraction of sp³-hybridized carbons (Fsp3) is 0.385. The number of halogens is 1. The molecule has 1 aromatic carbocycles. The van der Waals surface area contributed by atoms with Crippen molar-refractivity contribution in [3.8, 4) is 0 Å². The monoisotopic (exact) mass is 280 g/mol. The van der Waals surface area contributed by atoms with E-state index in [1.54, 1.807) is 4.90 Å². The van der Waals surface area contributed by atoms with E-state index in [1.165, 1.54) is 24.3 Å². The largest absolute Gasteiger partial charge is 0.409 e. The van der Waals surface area contributed by atoms with E-state index in [4.69, 9.17) is 10.9 Å². The fourth-order valence-corrected chi connectivity index (χ4v) is 2.14. The van der Waals surface area contributed by atoms with Crippen molar-refractivity contribution in [2.75, 3.05) is 32.7 Å². The van der Waals surface area contributed by atoms with Gasteiger partial charge in [-0.3, -0.25) is 9.69 Å². The van der Waals surface area contributed by atoms with Crippen LogP contribution in [-0.2, 0) is 0 Å². The second-order valence-electron chi connectivity index (χ2n) is 4.67. The van der Waals surface area contributed by atoms with Gasteiger partial charge in [-0.1, -0.05) is 5.16 Å². The minimum Gasteiger partial charge on any atom is -0.409 e. The third-order valence-corrected chi connectivity index (χ3v) is 3.26. The van der Waals surface area contributed by atoms with E-state index in [9.17, 15) is 9.18 Å². The van der Waals surface area contributed by atoms with Crippen molar-refractivity contribution in [3.63, 3.8) is 0 Å². The first-order valence-electron chi connectivity index (χ1n) is 6.34. The molecule has 0 bridgehead atoms. The second kappa shape index (κ2) is 6.33. The molecule has 1 amide bonds. The number of oxime groups is 1. The molecule has 20 heavy (non-hydrogen) atoms. The van der Waals surface area contributed by atoms with Crippen LogP contribution in [0.2, 0.25) is 0 Å². The van der Waals surface area contributed by atoms with Crippen molar-refractivity contribution in [1.82, 2.24) is 9.80 Å². The molecule has 2 rings (SSSR count).